The highest BCUT2D eigenvalue weighted by molar-refractivity contribution is 6.68. The van der Waals surface area contributed by atoms with Gasteiger partial charge in [-0.05, 0) is 70.8 Å². The molecule has 0 unspecified atom stereocenters. The monoisotopic (exact) mass is 776 g/mol. The number of fused-ring (bicyclic) bond motifs is 6. The van der Waals surface area contributed by atoms with Gasteiger partial charge in [0.05, 0.1) is 16.6 Å². The SMILES string of the molecule is Bc1c(B)c(B)c(-c2cccc(-c3nc(-c4ccccc4)nc(-c4cccc5c4oc4cccc(-c6ccc7c(c6)c6ccccc6n7-c6ccccc6)c45)n3)c2)c(B)c1B. The second-order valence-corrected chi connectivity index (χ2v) is 16.1. The minimum absolute atomic E-state index is 0.560. The second kappa shape index (κ2) is 14.5. The van der Waals surface area contributed by atoms with E-state index in [1.807, 2.05) is 30.3 Å². The molecule has 61 heavy (non-hydrogen) atoms. The molecule has 0 aliphatic heterocycles. The van der Waals surface area contributed by atoms with Gasteiger partial charge in [0.2, 0.25) is 0 Å². The molecule has 0 spiro atoms. The minimum atomic E-state index is 0.560. The van der Waals surface area contributed by atoms with Crippen molar-refractivity contribution in [2.75, 3.05) is 0 Å². The number of benzene rings is 8. The van der Waals surface area contributed by atoms with Crippen molar-refractivity contribution in [1.82, 2.24) is 19.5 Å². The summed E-state index contributed by atoms with van der Waals surface area (Å²) < 4.78 is 9.19. The van der Waals surface area contributed by atoms with Crippen molar-refractivity contribution < 1.29 is 4.42 Å². The fraction of sp³-hybridized carbons (Fsp3) is 0. The molecule has 282 valence electrons. The maximum Gasteiger partial charge on any atom is 0.167 e. The third-order valence-corrected chi connectivity index (χ3v) is 12.8. The molecule has 0 aliphatic carbocycles. The van der Waals surface area contributed by atoms with Crippen LogP contribution in [0.1, 0.15) is 0 Å². The molecule has 0 aliphatic rings. The van der Waals surface area contributed by atoms with Crippen molar-refractivity contribution >= 4 is 110 Å². The molecule has 0 bridgehead atoms. The zero-order valence-electron chi connectivity index (χ0n) is 34.8. The summed E-state index contributed by atoms with van der Waals surface area (Å²) in [5, 5.41) is 4.49. The predicted octanol–water partition coefficient (Wildman–Crippen LogP) is 4.50. The van der Waals surface area contributed by atoms with Gasteiger partial charge >= 0.3 is 0 Å². The standard InChI is InChI=1S/C51H37B5N4O/c52-43-41(44(53)46(55)47(56)45(43)54)30-14-9-15-31(26-30)50-57-49(28-12-3-1-4-13-28)58-51(59-50)36-21-10-20-35-42-33(19-11-23-40(42)61-48(35)36)29-24-25-39-37(27-29)34-18-7-8-22-38(34)60(39)32-16-5-2-6-17-32/h1-27H,52-56H2. The van der Waals surface area contributed by atoms with Gasteiger partial charge in [0.25, 0.3) is 0 Å². The van der Waals surface area contributed by atoms with E-state index < -0.39 is 0 Å². The van der Waals surface area contributed by atoms with Gasteiger partial charge in [0.1, 0.15) is 50.4 Å². The summed E-state index contributed by atoms with van der Waals surface area (Å²) in [4.78, 5) is 15.5. The van der Waals surface area contributed by atoms with E-state index in [1.54, 1.807) is 0 Å². The van der Waals surface area contributed by atoms with Gasteiger partial charge < -0.3 is 8.98 Å². The lowest BCUT2D eigenvalue weighted by atomic mass is 9.59. The van der Waals surface area contributed by atoms with Crippen LogP contribution in [0.5, 0.6) is 0 Å². The Morgan fingerprint density at radius 1 is 0.393 bits per heavy atom. The van der Waals surface area contributed by atoms with Crippen LogP contribution in [-0.4, -0.2) is 58.8 Å². The number of hydrogen-bond acceptors (Lipinski definition) is 4. The fourth-order valence-electron chi connectivity index (χ4n) is 9.35. The number of hydrogen-bond donors (Lipinski definition) is 0. The third-order valence-electron chi connectivity index (χ3n) is 12.8. The molecule has 5 nitrogen and oxygen atoms in total. The summed E-state index contributed by atoms with van der Waals surface area (Å²) in [5.74, 6) is 1.78. The molecular formula is C51H37B5N4O. The topological polar surface area (TPSA) is 56.7 Å². The minimum Gasteiger partial charge on any atom is -0.455 e. The molecule has 11 aromatic rings. The fourth-order valence-corrected chi connectivity index (χ4v) is 9.35. The van der Waals surface area contributed by atoms with Crippen LogP contribution in [0, 0.1) is 0 Å². The van der Waals surface area contributed by atoms with E-state index in [2.05, 4.69) is 177 Å². The number of nitrogens with zero attached hydrogens (tertiary/aromatic N) is 4. The van der Waals surface area contributed by atoms with Crippen LogP contribution in [0.3, 0.4) is 0 Å². The average molecular weight is 776 g/mol. The lowest BCUT2D eigenvalue weighted by Gasteiger charge is -2.20. The first-order valence-corrected chi connectivity index (χ1v) is 20.9. The quantitative estimate of drug-likeness (QED) is 0.234. The average Bonchev–Trinajstić information content (AvgIpc) is 3.87. The molecule has 0 saturated heterocycles. The molecular weight excluding hydrogens is 739 g/mol. The van der Waals surface area contributed by atoms with Crippen molar-refractivity contribution in [3.8, 4) is 62.1 Å². The molecule has 3 aromatic heterocycles. The summed E-state index contributed by atoms with van der Waals surface area (Å²) in [5.41, 5.74) is 19.0. The van der Waals surface area contributed by atoms with Crippen molar-refractivity contribution in [1.29, 1.82) is 0 Å². The predicted molar refractivity (Wildman–Crippen MR) is 270 cm³/mol. The summed E-state index contributed by atoms with van der Waals surface area (Å²) >= 11 is 0. The van der Waals surface area contributed by atoms with Crippen LogP contribution in [0.25, 0.3) is 106 Å². The molecule has 3 heterocycles. The summed E-state index contributed by atoms with van der Waals surface area (Å²) in [6, 6.07) is 57.4. The molecule has 0 N–H and O–H groups in total. The molecule has 0 fully saturated rings. The van der Waals surface area contributed by atoms with E-state index in [4.69, 9.17) is 19.4 Å². The van der Waals surface area contributed by atoms with E-state index in [9.17, 15) is 0 Å². The normalized spacial score (nSPS) is 11.6. The van der Waals surface area contributed by atoms with Crippen molar-refractivity contribution in [2.45, 2.75) is 0 Å². The Morgan fingerprint density at radius 3 is 1.75 bits per heavy atom. The van der Waals surface area contributed by atoms with Gasteiger partial charge in [-0.3, -0.25) is 0 Å². The zero-order chi connectivity index (χ0) is 41.4. The van der Waals surface area contributed by atoms with Gasteiger partial charge in [-0.25, -0.2) is 15.0 Å². The van der Waals surface area contributed by atoms with Crippen LogP contribution in [0.4, 0.5) is 0 Å². The van der Waals surface area contributed by atoms with Crippen LogP contribution < -0.4 is 27.3 Å². The Balaban J connectivity index is 1.08. The van der Waals surface area contributed by atoms with E-state index in [0.717, 1.165) is 61.0 Å². The first-order chi connectivity index (χ1) is 29.8. The molecule has 11 rings (SSSR count). The summed E-state index contributed by atoms with van der Waals surface area (Å²) in [6.45, 7) is 0. The van der Waals surface area contributed by atoms with Crippen LogP contribution in [0.15, 0.2) is 168 Å². The van der Waals surface area contributed by atoms with Gasteiger partial charge in [0.15, 0.2) is 17.5 Å². The van der Waals surface area contributed by atoms with Crippen LogP contribution in [0.2, 0.25) is 0 Å². The molecule has 0 saturated carbocycles. The number of rotatable bonds is 6. The highest BCUT2D eigenvalue weighted by Gasteiger charge is 2.21. The molecule has 10 heteroatoms. The lowest BCUT2D eigenvalue weighted by Crippen LogP contribution is -2.55. The second-order valence-electron chi connectivity index (χ2n) is 16.1. The highest BCUT2D eigenvalue weighted by Crippen LogP contribution is 2.42. The van der Waals surface area contributed by atoms with E-state index >= 15 is 0 Å². The van der Waals surface area contributed by atoms with Gasteiger partial charge in [-0.1, -0.05) is 126 Å². The Bertz CT molecular complexity index is 3520. The summed E-state index contributed by atoms with van der Waals surface area (Å²) in [7, 11) is 11.1. The summed E-state index contributed by atoms with van der Waals surface area (Å²) in [6.07, 6.45) is 0. The van der Waals surface area contributed by atoms with Crippen LogP contribution in [-0.2, 0) is 0 Å². The largest absolute Gasteiger partial charge is 0.455 e. The van der Waals surface area contributed by atoms with Gasteiger partial charge in [-0.2, -0.15) is 0 Å². The molecule has 0 atom stereocenters. The zero-order valence-corrected chi connectivity index (χ0v) is 34.8. The molecule has 0 amide bonds. The van der Waals surface area contributed by atoms with Gasteiger partial charge in [0, 0.05) is 38.4 Å². The first kappa shape index (κ1) is 36.8. The smallest absolute Gasteiger partial charge is 0.167 e. The van der Waals surface area contributed by atoms with Crippen molar-refractivity contribution in [3.05, 3.63) is 164 Å². The van der Waals surface area contributed by atoms with Crippen molar-refractivity contribution in [3.63, 3.8) is 0 Å². The number of para-hydroxylation sites is 3. The van der Waals surface area contributed by atoms with E-state index in [0.29, 0.717) is 17.5 Å². The number of aromatic nitrogens is 4. The molecule has 8 aromatic carbocycles. The Morgan fingerprint density at radius 2 is 0.967 bits per heavy atom. The third kappa shape index (κ3) is 5.96. The lowest BCUT2D eigenvalue weighted by molar-refractivity contribution is 0.669. The van der Waals surface area contributed by atoms with E-state index in [1.165, 1.54) is 54.7 Å². The maximum absolute atomic E-state index is 6.84. The highest BCUT2D eigenvalue weighted by atomic mass is 16.3. The van der Waals surface area contributed by atoms with Crippen molar-refractivity contribution in [2.24, 2.45) is 0 Å². The van der Waals surface area contributed by atoms with Gasteiger partial charge in [-0.15, -0.1) is 16.4 Å². The van der Waals surface area contributed by atoms with Crippen LogP contribution >= 0.6 is 0 Å². The maximum atomic E-state index is 6.84. The Kier molecular flexibility index (Phi) is 8.71. The Labute approximate surface area is 358 Å². The van der Waals surface area contributed by atoms with E-state index in [-0.39, 0.29) is 0 Å². The number of furan rings is 1. The Hall–Kier alpha value is -7.31. The first-order valence-electron chi connectivity index (χ1n) is 20.9. The molecule has 0 radical (unpaired) electrons.